The molecule has 0 atom stereocenters. The van der Waals surface area contributed by atoms with Crippen LogP contribution in [0.3, 0.4) is 0 Å². The van der Waals surface area contributed by atoms with Crippen molar-refractivity contribution in [3.8, 4) is 11.4 Å². The number of rotatable bonds is 4. The molecule has 0 saturated heterocycles. The Morgan fingerprint density at radius 3 is 2.34 bits per heavy atom. The van der Waals surface area contributed by atoms with Crippen molar-refractivity contribution in [1.29, 1.82) is 0 Å². The van der Waals surface area contributed by atoms with Gasteiger partial charge in [-0.2, -0.15) is 26.3 Å². The van der Waals surface area contributed by atoms with Crippen LogP contribution in [0.4, 0.5) is 26.3 Å². The minimum absolute atomic E-state index is 0.0786. The minimum atomic E-state index is -4.78. The van der Waals surface area contributed by atoms with E-state index in [1.807, 2.05) is 0 Å². The molecule has 1 aromatic carbocycles. The van der Waals surface area contributed by atoms with E-state index in [0.29, 0.717) is 23.2 Å². The Labute approximate surface area is 165 Å². The zero-order valence-electron chi connectivity index (χ0n) is 14.5. The molecule has 0 aliphatic rings. The molecule has 2 heterocycles. The first-order valence-corrected chi connectivity index (χ1v) is 10.5. The number of nitrogens with one attached hydrogen (secondary N) is 1. The average molecular weight is 454 g/mol. The van der Waals surface area contributed by atoms with Crippen LogP contribution < -0.4 is 0 Å². The van der Waals surface area contributed by atoms with Crippen molar-refractivity contribution in [3.63, 3.8) is 0 Å². The lowest BCUT2D eigenvalue weighted by atomic mass is 10.2. The van der Waals surface area contributed by atoms with Gasteiger partial charge in [0.15, 0.2) is 9.84 Å². The van der Waals surface area contributed by atoms with Gasteiger partial charge in [-0.3, -0.25) is 4.98 Å². The number of fused-ring (bicyclic) bond motifs is 1. The summed E-state index contributed by atoms with van der Waals surface area (Å²) in [7, 11) is -4.06. The van der Waals surface area contributed by atoms with Gasteiger partial charge in [-0.1, -0.05) is 6.92 Å². The van der Waals surface area contributed by atoms with Crippen molar-refractivity contribution >= 4 is 32.5 Å². The fraction of sp³-hybridized carbons (Fsp3) is 0.235. The molecule has 0 aliphatic carbocycles. The van der Waals surface area contributed by atoms with Crippen LogP contribution in [0.1, 0.15) is 12.5 Å². The molecule has 29 heavy (non-hydrogen) atoms. The van der Waals surface area contributed by atoms with Gasteiger partial charge in [-0.05, 0) is 42.1 Å². The zero-order chi connectivity index (χ0) is 21.6. The molecule has 0 saturated carbocycles. The molecule has 0 aliphatic heterocycles. The molecule has 0 amide bonds. The second kappa shape index (κ2) is 7.24. The predicted octanol–water partition coefficient (Wildman–Crippen LogP) is 5.65. The number of sulfone groups is 1. The second-order valence-corrected chi connectivity index (χ2v) is 9.34. The highest BCUT2D eigenvalue weighted by atomic mass is 32.2. The summed E-state index contributed by atoms with van der Waals surface area (Å²) in [5, 5.41) is 0.329. The summed E-state index contributed by atoms with van der Waals surface area (Å²) in [4.78, 5) is 5.80. The van der Waals surface area contributed by atoms with Crippen LogP contribution in [0, 0.1) is 0 Å². The van der Waals surface area contributed by atoms with Crippen molar-refractivity contribution in [3.05, 3.63) is 42.1 Å². The van der Waals surface area contributed by atoms with Crippen molar-refractivity contribution in [2.75, 3.05) is 5.75 Å². The molecule has 3 rings (SSSR count). The van der Waals surface area contributed by atoms with Crippen LogP contribution in [0.5, 0.6) is 0 Å². The number of hydrogen-bond donors (Lipinski definition) is 1. The number of pyridine rings is 1. The molecular weight excluding hydrogens is 442 g/mol. The SMILES string of the molecule is CCS(=O)(=O)c1cc(C(F)(F)F)cnc1-c1cc2cc(SC(F)(F)F)ccc2[nH]1. The Hall–Kier alpha value is -2.21. The Kier molecular flexibility index (Phi) is 5.37. The maximum Gasteiger partial charge on any atom is 0.446 e. The third-order valence-corrected chi connectivity index (χ3v) is 6.44. The van der Waals surface area contributed by atoms with Gasteiger partial charge in [0.25, 0.3) is 0 Å². The molecule has 2 aromatic heterocycles. The summed E-state index contributed by atoms with van der Waals surface area (Å²) in [5.74, 6) is -0.449. The maximum atomic E-state index is 13.0. The first-order valence-electron chi connectivity index (χ1n) is 7.99. The number of thioether (sulfide) groups is 1. The van der Waals surface area contributed by atoms with Crippen molar-refractivity contribution < 1.29 is 34.8 Å². The Bertz CT molecular complexity index is 1170. The first-order chi connectivity index (χ1) is 13.3. The second-order valence-electron chi connectivity index (χ2n) is 5.95. The summed E-state index contributed by atoms with van der Waals surface area (Å²) in [6.45, 7) is 1.28. The number of aromatic amines is 1. The summed E-state index contributed by atoms with van der Waals surface area (Å²) in [6, 6.07) is 5.69. The highest BCUT2D eigenvalue weighted by Crippen LogP contribution is 2.39. The van der Waals surface area contributed by atoms with Crippen molar-refractivity contribution in [1.82, 2.24) is 9.97 Å². The summed E-state index contributed by atoms with van der Waals surface area (Å²) >= 11 is -0.314. The number of aromatic nitrogens is 2. The van der Waals surface area contributed by atoms with Crippen LogP contribution in [-0.4, -0.2) is 29.6 Å². The maximum absolute atomic E-state index is 13.0. The molecule has 3 aromatic rings. The number of benzene rings is 1. The van der Waals surface area contributed by atoms with Crippen molar-refractivity contribution in [2.45, 2.75) is 28.4 Å². The van der Waals surface area contributed by atoms with E-state index < -0.39 is 37.7 Å². The quantitative estimate of drug-likeness (QED) is 0.409. The number of nitrogens with zero attached hydrogens (tertiary/aromatic N) is 1. The van der Waals surface area contributed by atoms with E-state index in [1.54, 1.807) is 0 Å². The standard InChI is InChI=1S/C17H12F6N2O2S2/c1-2-29(26,27)14-7-10(16(18,19)20)8-24-15(14)13-6-9-5-11(28-17(21,22)23)3-4-12(9)25-13/h3-8,25H,2H2,1H3. The molecule has 1 N–H and O–H groups in total. The van der Waals surface area contributed by atoms with E-state index in [4.69, 9.17) is 0 Å². The summed E-state index contributed by atoms with van der Waals surface area (Å²) in [5.41, 5.74) is -5.47. The van der Waals surface area contributed by atoms with Crippen molar-refractivity contribution in [2.24, 2.45) is 0 Å². The fourth-order valence-corrected chi connectivity index (χ4v) is 4.29. The summed E-state index contributed by atoms with van der Waals surface area (Å²) < 4.78 is 101. The smallest absolute Gasteiger partial charge is 0.353 e. The molecule has 0 spiro atoms. The van der Waals surface area contributed by atoms with Crippen LogP contribution in [0.15, 0.2) is 46.3 Å². The minimum Gasteiger partial charge on any atom is -0.353 e. The highest BCUT2D eigenvalue weighted by molar-refractivity contribution is 8.00. The van der Waals surface area contributed by atoms with E-state index >= 15 is 0 Å². The van der Waals surface area contributed by atoms with Gasteiger partial charge < -0.3 is 4.98 Å². The average Bonchev–Trinajstić information content (AvgIpc) is 3.02. The largest absolute Gasteiger partial charge is 0.446 e. The highest BCUT2D eigenvalue weighted by Gasteiger charge is 2.34. The number of hydrogen-bond acceptors (Lipinski definition) is 4. The summed E-state index contributed by atoms with van der Waals surface area (Å²) in [6.07, 6.45) is -4.27. The van der Waals surface area contributed by atoms with Crippen LogP contribution in [0.25, 0.3) is 22.3 Å². The molecule has 4 nitrogen and oxygen atoms in total. The topological polar surface area (TPSA) is 62.8 Å². The molecule has 0 fully saturated rings. The van der Waals surface area contributed by atoms with Gasteiger partial charge >= 0.3 is 11.7 Å². The molecule has 0 unspecified atom stereocenters. The zero-order valence-corrected chi connectivity index (χ0v) is 16.2. The van der Waals surface area contributed by atoms with Gasteiger partial charge in [0, 0.05) is 22.0 Å². The van der Waals surface area contributed by atoms with Gasteiger partial charge in [0.2, 0.25) is 0 Å². The molecule has 0 radical (unpaired) electrons. The van der Waals surface area contributed by atoms with E-state index in [-0.39, 0.29) is 28.0 Å². The molecule has 12 heteroatoms. The van der Waals surface area contributed by atoms with Gasteiger partial charge in [-0.15, -0.1) is 0 Å². The predicted molar refractivity (Wildman–Crippen MR) is 96.2 cm³/mol. The van der Waals surface area contributed by atoms with Crippen LogP contribution >= 0.6 is 11.8 Å². The first kappa shape index (κ1) is 21.5. The molecule has 156 valence electrons. The number of H-pyrrole nitrogens is 1. The Morgan fingerprint density at radius 1 is 1.07 bits per heavy atom. The fourth-order valence-electron chi connectivity index (χ4n) is 2.63. The molecular formula is C17H12F6N2O2S2. The lowest BCUT2D eigenvalue weighted by Crippen LogP contribution is -2.12. The lowest BCUT2D eigenvalue weighted by molar-refractivity contribution is -0.138. The third kappa shape index (κ3) is 4.69. The monoisotopic (exact) mass is 454 g/mol. The van der Waals surface area contributed by atoms with E-state index in [2.05, 4.69) is 9.97 Å². The normalized spacial score (nSPS) is 13.2. The lowest BCUT2D eigenvalue weighted by Gasteiger charge is -2.12. The number of halogens is 6. The Morgan fingerprint density at radius 2 is 1.76 bits per heavy atom. The van der Waals surface area contributed by atoms with Gasteiger partial charge in [0.05, 0.1) is 21.9 Å². The number of alkyl halides is 6. The Balaban J connectivity index is 2.15. The van der Waals surface area contributed by atoms with E-state index in [1.165, 1.54) is 31.2 Å². The van der Waals surface area contributed by atoms with Crippen LogP contribution in [0.2, 0.25) is 0 Å². The van der Waals surface area contributed by atoms with Gasteiger partial charge in [0.1, 0.15) is 5.69 Å². The van der Waals surface area contributed by atoms with E-state index in [0.717, 1.165) is 0 Å². The van der Waals surface area contributed by atoms with Gasteiger partial charge in [-0.25, -0.2) is 8.42 Å². The van der Waals surface area contributed by atoms with E-state index in [9.17, 15) is 34.8 Å². The van der Waals surface area contributed by atoms with Crippen LogP contribution in [-0.2, 0) is 16.0 Å². The third-order valence-electron chi connectivity index (χ3n) is 3.98. The molecule has 0 bridgehead atoms.